The van der Waals surface area contributed by atoms with E-state index in [1.54, 1.807) is 0 Å². The highest BCUT2D eigenvalue weighted by Crippen LogP contribution is 2.26. The summed E-state index contributed by atoms with van der Waals surface area (Å²) in [6.07, 6.45) is 0.977. The van der Waals surface area contributed by atoms with Crippen LogP contribution in [0.25, 0.3) is 0 Å². The molecule has 0 bridgehead atoms. The zero-order valence-electron chi connectivity index (χ0n) is 6.06. The van der Waals surface area contributed by atoms with Gasteiger partial charge in [0.25, 0.3) is 0 Å². The standard InChI is InChI=1S/C2H6N4O4S3/c3-12(7,8)5-1-2-11-6(5)13(4,9)10/h1-2H,(H2,3,7,8)(H2,4,9,10). The maximum absolute atomic E-state index is 10.8. The smallest absolute Gasteiger partial charge is 0.213 e. The topological polar surface area (TPSA) is 127 Å². The first-order valence-corrected chi connectivity index (χ1v) is 6.56. The Bertz CT molecular complexity index is 422. The number of nitrogens with two attached hydrogens (primary N) is 2. The maximum Gasteiger partial charge on any atom is 0.313 e. The van der Waals surface area contributed by atoms with Gasteiger partial charge in [-0.25, -0.2) is 10.3 Å². The molecular weight excluding hydrogens is 240 g/mol. The summed E-state index contributed by atoms with van der Waals surface area (Å²) < 4.78 is 43.8. The molecule has 13 heavy (non-hydrogen) atoms. The van der Waals surface area contributed by atoms with Gasteiger partial charge in [-0.3, -0.25) is 0 Å². The van der Waals surface area contributed by atoms with E-state index in [0.717, 1.165) is 6.20 Å². The molecule has 1 heterocycles. The fraction of sp³-hybridized carbons (Fsp3) is 0. The van der Waals surface area contributed by atoms with Crippen LogP contribution in [0, 0.1) is 0 Å². The Morgan fingerprint density at radius 3 is 1.92 bits per heavy atom. The van der Waals surface area contributed by atoms with Crippen molar-refractivity contribution in [1.29, 1.82) is 0 Å². The zero-order chi connectivity index (χ0) is 10.3. The summed E-state index contributed by atoms with van der Waals surface area (Å²) in [5.41, 5.74) is 0. The van der Waals surface area contributed by atoms with Crippen molar-refractivity contribution >= 4 is 32.4 Å². The van der Waals surface area contributed by atoms with E-state index in [2.05, 4.69) is 0 Å². The lowest BCUT2D eigenvalue weighted by Crippen LogP contribution is -2.45. The fourth-order valence-electron chi connectivity index (χ4n) is 0.582. The van der Waals surface area contributed by atoms with Gasteiger partial charge in [-0.15, -0.1) is 0 Å². The molecule has 1 rings (SSSR count). The zero-order valence-corrected chi connectivity index (χ0v) is 8.51. The van der Waals surface area contributed by atoms with Gasteiger partial charge >= 0.3 is 20.4 Å². The van der Waals surface area contributed by atoms with Crippen LogP contribution in [0.3, 0.4) is 0 Å². The van der Waals surface area contributed by atoms with E-state index in [1.807, 2.05) is 0 Å². The molecule has 0 amide bonds. The van der Waals surface area contributed by atoms with Crippen molar-refractivity contribution in [2.24, 2.45) is 10.3 Å². The molecule has 0 saturated heterocycles. The van der Waals surface area contributed by atoms with Crippen LogP contribution in [0.1, 0.15) is 0 Å². The van der Waals surface area contributed by atoms with E-state index in [9.17, 15) is 16.8 Å². The van der Waals surface area contributed by atoms with Crippen LogP contribution < -0.4 is 10.3 Å². The van der Waals surface area contributed by atoms with Crippen molar-refractivity contribution in [1.82, 2.24) is 8.23 Å². The molecule has 0 spiro atoms. The first-order chi connectivity index (χ1) is 5.73. The van der Waals surface area contributed by atoms with E-state index in [0.29, 0.717) is 20.2 Å². The minimum Gasteiger partial charge on any atom is -0.213 e. The SMILES string of the molecule is NS(=O)(=O)N1C=CSN1S(N)(=O)=O. The summed E-state index contributed by atoms with van der Waals surface area (Å²) in [5.74, 6) is 0. The molecule has 0 aliphatic carbocycles. The van der Waals surface area contributed by atoms with E-state index in [4.69, 9.17) is 10.3 Å². The number of hydrogen-bond donors (Lipinski definition) is 2. The van der Waals surface area contributed by atoms with Gasteiger partial charge in [-0.2, -0.15) is 21.2 Å². The van der Waals surface area contributed by atoms with Crippen molar-refractivity contribution in [3.63, 3.8) is 0 Å². The average molecular weight is 246 g/mol. The van der Waals surface area contributed by atoms with Gasteiger partial charge in [-0.1, -0.05) is 0 Å². The normalized spacial score (nSPS) is 19.7. The van der Waals surface area contributed by atoms with Crippen LogP contribution >= 0.6 is 11.9 Å². The van der Waals surface area contributed by atoms with Crippen molar-refractivity contribution < 1.29 is 16.8 Å². The van der Waals surface area contributed by atoms with Crippen LogP contribution in [-0.2, 0) is 20.4 Å². The maximum atomic E-state index is 10.8. The summed E-state index contributed by atoms with van der Waals surface area (Å²) in [4.78, 5) is 0. The Morgan fingerprint density at radius 1 is 1.08 bits per heavy atom. The molecular formula is C2H6N4O4S3. The van der Waals surface area contributed by atoms with Gasteiger partial charge in [0.05, 0.1) is 0 Å². The Morgan fingerprint density at radius 2 is 1.62 bits per heavy atom. The highest BCUT2D eigenvalue weighted by Gasteiger charge is 2.33. The predicted molar refractivity (Wildman–Crippen MR) is 46.6 cm³/mol. The molecule has 76 valence electrons. The van der Waals surface area contributed by atoms with Crippen molar-refractivity contribution in [2.45, 2.75) is 0 Å². The molecule has 0 atom stereocenters. The lowest BCUT2D eigenvalue weighted by atomic mass is 11.1. The number of hydrogen-bond acceptors (Lipinski definition) is 5. The highest BCUT2D eigenvalue weighted by atomic mass is 32.3. The third-order valence-electron chi connectivity index (χ3n) is 0.979. The Labute approximate surface area is 79.6 Å². The number of nitrogens with zero attached hydrogens (tertiary/aromatic N) is 2. The molecule has 4 N–H and O–H groups in total. The number of hydrazine groups is 1. The van der Waals surface area contributed by atoms with Crippen LogP contribution in [0.4, 0.5) is 0 Å². The second kappa shape index (κ2) is 3.11. The van der Waals surface area contributed by atoms with E-state index < -0.39 is 20.4 Å². The summed E-state index contributed by atoms with van der Waals surface area (Å²) >= 11 is 0.591. The minimum atomic E-state index is -4.14. The van der Waals surface area contributed by atoms with E-state index >= 15 is 0 Å². The third-order valence-corrected chi connectivity index (χ3v) is 4.08. The molecule has 0 aromatic carbocycles. The molecule has 1 aliphatic rings. The Hall–Kier alpha value is -0.330. The van der Waals surface area contributed by atoms with Gasteiger partial charge in [-0.05, 0) is 15.8 Å². The predicted octanol–water partition coefficient (Wildman–Crippen LogP) is -1.95. The highest BCUT2D eigenvalue weighted by molar-refractivity contribution is 8.10. The van der Waals surface area contributed by atoms with Crippen LogP contribution in [0.2, 0.25) is 0 Å². The molecule has 0 radical (unpaired) electrons. The lowest BCUT2D eigenvalue weighted by molar-refractivity contribution is 0.361. The quantitative estimate of drug-likeness (QED) is 0.547. The fourth-order valence-corrected chi connectivity index (χ4v) is 3.36. The monoisotopic (exact) mass is 246 g/mol. The third kappa shape index (κ3) is 2.32. The second-order valence-corrected chi connectivity index (χ2v) is 5.80. The lowest BCUT2D eigenvalue weighted by Gasteiger charge is -2.21. The molecule has 8 nitrogen and oxygen atoms in total. The number of rotatable bonds is 2. The van der Waals surface area contributed by atoms with Gasteiger partial charge < -0.3 is 0 Å². The molecule has 0 saturated carbocycles. The largest absolute Gasteiger partial charge is 0.313 e. The van der Waals surface area contributed by atoms with Crippen LogP contribution in [-0.4, -0.2) is 25.1 Å². The van der Waals surface area contributed by atoms with Crippen molar-refractivity contribution in [2.75, 3.05) is 0 Å². The molecule has 1 aliphatic heterocycles. The van der Waals surface area contributed by atoms with Gasteiger partial charge in [0.15, 0.2) is 0 Å². The Kier molecular flexibility index (Phi) is 2.57. The van der Waals surface area contributed by atoms with Gasteiger partial charge in [0, 0.05) is 11.6 Å². The first-order valence-electron chi connectivity index (χ1n) is 2.71. The summed E-state index contributed by atoms with van der Waals surface area (Å²) in [6, 6.07) is 0. The Balaban J connectivity index is 3.08. The van der Waals surface area contributed by atoms with Crippen molar-refractivity contribution in [3.05, 3.63) is 11.6 Å². The van der Waals surface area contributed by atoms with Crippen LogP contribution in [0.15, 0.2) is 11.6 Å². The second-order valence-electron chi connectivity index (χ2n) is 1.96. The molecule has 0 aromatic heterocycles. The average Bonchev–Trinajstić information content (AvgIpc) is 2.27. The molecule has 0 fully saturated rings. The molecule has 0 unspecified atom stereocenters. The first kappa shape index (κ1) is 10.7. The minimum absolute atomic E-state index is 0.326. The molecule has 11 heteroatoms. The summed E-state index contributed by atoms with van der Waals surface area (Å²) in [7, 11) is -8.28. The van der Waals surface area contributed by atoms with E-state index in [-0.39, 0.29) is 0 Å². The van der Waals surface area contributed by atoms with Crippen LogP contribution in [0.5, 0.6) is 0 Å². The van der Waals surface area contributed by atoms with Gasteiger partial charge in [0.1, 0.15) is 0 Å². The summed E-state index contributed by atoms with van der Waals surface area (Å²) in [5, 5.41) is 10.6. The molecule has 0 aromatic rings. The summed E-state index contributed by atoms with van der Waals surface area (Å²) in [6.45, 7) is 0. The van der Waals surface area contributed by atoms with E-state index in [1.165, 1.54) is 5.41 Å². The van der Waals surface area contributed by atoms with Crippen molar-refractivity contribution in [3.8, 4) is 0 Å². The van der Waals surface area contributed by atoms with Gasteiger partial charge in [0.2, 0.25) is 0 Å².